The molecule has 0 aliphatic rings. The average molecular weight is 230 g/mol. The first-order valence-electron chi connectivity index (χ1n) is 5.27. The van der Waals surface area contributed by atoms with E-state index in [2.05, 4.69) is 16.1 Å². The van der Waals surface area contributed by atoms with Crippen LogP contribution in [-0.2, 0) is 12.8 Å². The molecule has 1 heterocycles. The maximum atomic E-state index is 12.7. The van der Waals surface area contributed by atoms with Crippen LogP contribution in [0.4, 0.5) is 4.39 Å². The normalized spacial score (nSPS) is 10.1. The predicted molar refractivity (Wildman–Crippen MR) is 60.7 cm³/mol. The molecule has 0 atom stereocenters. The van der Waals surface area contributed by atoms with Gasteiger partial charge in [-0.15, -0.1) is 12.3 Å². The second-order valence-electron chi connectivity index (χ2n) is 3.61. The van der Waals surface area contributed by atoms with E-state index < -0.39 is 0 Å². The van der Waals surface area contributed by atoms with E-state index in [-0.39, 0.29) is 5.82 Å². The van der Waals surface area contributed by atoms with Gasteiger partial charge in [-0.3, -0.25) is 0 Å². The average Bonchev–Trinajstić information content (AvgIpc) is 2.77. The van der Waals surface area contributed by atoms with E-state index in [1.54, 1.807) is 12.1 Å². The summed E-state index contributed by atoms with van der Waals surface area (Å²) in [6.45, 7) is 0. The van der Waals surface area contributed by atoms with Crippen molar-refractivity contribution in [3.8, 4) is 12.3 Å². The van der Waals surface area contributed by atoms with Crippen LogP contribution < -0.4 is 0 Å². The summed E-state index contributed by atoms with van der Waals surface area (Å²) in [5.41, 5.74) is 0.940. The molecule has 2 aromatic rings. The molecule has 0 amide bonds. The number of terminal acetylenes is 1. The first kappa shape index (κ1) is 11.3. The SMILES string of the molecule is C#CCCc1nc(Cc2ccc(F)cc2)no1. The van der Waals surface area contributed by atoms with Gasteiger partial charge in [-0.1, -0.05) is 17.3 Å². The molecule has 1 aromatic heterocycles. The zero-order valence-electron chi connectivity index (χ0n) is 9.19. The zero-order valence-corrected chi connectivity index (χ0v) is 9.19. The van der Waals surface area contributed by atoms with Crippen LogP contribution in [0.5, 0.6) is 0 Å². The summed E-state index contributed by atoms with van der Waals surface area (Å²) >= 11 is 0. The Balaban J connectivity index is 2.01. The first-order chi connectivity index (χ1) is 8.28. The van der Waals surface area contributed by atoms with Crippen LogP contribution in [0, 0.1) is 18.2 Å². The first-order valence-corrected chi connectivity index (χ1v) is 5.27. The largest absolute Gasteiger partial charge is 0.339 e. The molecule has 1 aromatic carbocycles. The number of benzene rings is 1. The standard InChI is InChI=1S/C13H11FN2O/c1-2-3-4-13-15-12(16-17-13)9-10-5-7-11(14)8-6-10/h1,5-8H,3-4,9H2. The third-order valence-electron chi connectivity index (χ3n) is 2.27. The minimum absolute atomic E-state index is 0.253. The van der Waals surface area contributed by atoms with Gasteiger partial charge < -0.3 is 4.52 Å². The Hall–Kier alpha value is -2.15. The van der Waals surface area contributed by atoms with Crippen LogP contribution in [0.2, 0.25) is 0 Å². The highest BCUT2D eigenvalue weighted by Crippen LogP contribution is 2.08. The molecule has 0 unspecified atom stereocenters. The smallest absolute Gasteiger partial charge is 0.227 e. The molecule has 0 bridgehead atoms. The van der Waals surface area contributed by atoms with Gasteiger partial charge >= 0.3 is 0 Å². The maximum Gasteiger partial charge on any atom is 0.227 e. The van der Waals surface area contributed by atoms with Gasteiger partial charge in [-0.25, -0.2) is 4.39 Å². The van der Waals surface area contributed by atoms with Gasteiger partial charge in [0.25, 0.3) is 0 Å². The molecule has 3 nitrogen and oxygen atoms in total. The fourth-order valence-corrected chi connectivity index (χ4v) is 1.43. The quantitative estimate of drug-likeness (QED) is 0.757. The fraction of sp³-hybridized carbons (Fsp3) is 0.231. The summed E-state index contributed by atoms with van der Waals surface area (Å²) in [7, 11) is 0. The summed E-state index contributed by atoms with van der Waals surface area (Å²) < 4.78 is 17.7. The molecular weight excluding hydrogens is 219 g/mol. The highest BCUT2D eigenvalue weighted by Gasteiger charge is 2.06. The zero-order chi connectivity index (χ0) is 12.1. The topological polar surface area (TPSA) is 38.9 Å². The third-order valence-corrected chi connectivity index (χ3v) is 2.27. The number of hydrogen-bond donors (Lipinski definition) is 0. The number of rotatable bonds is 4. The number of halogens is 1. The van der Waals surface area contributed by atoms with Gasteiger partial charge in [0.2, 0.25) is 5.89 Å². The molecule has 0 saturated heterocycles. The molecule has 0 fully saturated rings. The lowest BCUT2D eigenvalue weighted by molar-refractivity contribution is 0.375. The third kappa shape index (κ3) is 3.15. The lowest BCUT2D eigenvalue weighted by Crippen LogP contribution is -1.91. The summed E-state index contributed by atoms with van der Waals surface area (Å²) in [6, 6.07) is 6.23. The summed E-state index contributed by atoms with van der Waals surface area (Å²) in [5, 5.41) is 3.84. The molecule has 0 aliphatic carbocycles. The van der Waals surface area contributed by atoms with Gasteiger partial charge in [0.05, 0.1) is 0 Å². The number of aromatic nitrogens is 2. The number of aryl methyl sites for hydroxylation is 1. The summed E-state index contributed by atoms with van der Waals surface area (Å²) in [4.78, 5) is 4.20. The second kappa shape index (κ2) is 5.26. The van der Waals surface area contributed by atoms with E-state index in [0.717, 1.165) is 5.56 Å². The maximum absolute atomic E-state index is 12.7. The molecule has 0 saturated carbocycles. The molecule has 17 heavy (non-hydrogen) atoms. The van der Waals surface area contributed by atoms with E-state index >= 15 is 0 Å². The van der Waals surface area contributed by atoms with Crippen LogP contribution in [0.25, 0.3) is 0 Å². The van der Waals surface area contributed by atoms with Gasteiger partial charge in [0.1, 0.15) is 5.82 Å². The van der Waals surface area contributed by atoms with Crippen molar-refractivity contribution < 1.29 is 8.91 Å². The Morgan fingerprint density at radius 3 is 2.76 bits per heavy atom. The van der Waals surface area contributed by atoms with E-state index in [9.17, 15) is 4.39 Å². The summed E-state index contributed by atoms with van der Waals surface area (Å²) in [6.07, 6.45) is 6.84. The summed E-state index contributed by atoms with van der Waals surface area (Å²) in [5.74, 6) is 3.39. The molecule has 86 valence electrons. The predicted octanol–water partition coefficient (Wildman–Crippen LogP) is 2.37. The van der Waals surface area contributed by atoms with Crippen molar-refractivity contribution in [2.45, 2.75) is 19.3 Å². The van der Waals surface area contributed by atoms with Crippen molar-refractivity contribution in [3.05, 3.63) is 47.4 Å². The van der Waals surface area contributed by atoms with Gasteiger partial charge in [0, 0.05) is 19.3 Å². The van der Waals surface area contributed by atoms with Gasteiger partial charge in [-0.05, 0) is 17.7 Å². The molecule has 4 heteroatoms. The Morgan fingerprint density at radius 2 is 2.06 bits per heavy atom. The lowest BCUT2D eigenvalue weighted by Gasteiger charge is -1.95. The minimum atomic E-state index is -0.253. The number of nitrogens with zero attached hydrogens (tertiary/aromatic N) is 2. The van der Waals surface area contributed by atoms with Crippen LogP contribution >= 0.6 is 0 Å². The Bertz CT molecular complexity index is 525. The van der Waals surface area contributed by atoms with Crippen LogP contribution in [0.3, 0.4) is 0 Å². The molecule has 2 rings (SSSR count). The fourth-order valence-electron chi connectivity index (χ4n) is 1.43. The van der Waals surface area contributed by atoms with Gasteiger partial charge in [0.15, 0.2) is 5.82 Å². The number of hydrogen-bond acceptors (Lipinski definition) is 3. The van der Waals surface area contributed by atoms with Crippen molar-refractivity contribution >= 4 is 0 Å². The van der Waals surface area contributed by atoms with E-state index in [1.807, 2.05) is 0 Å². The Labute approximate surface area is 98.7 Å². The van der Waals surface area contributed by atoms with E-state index in [0.29, 0.717) is 31.0 Å². The van der Waals surface area contributed by atoms with Gasteiger partial charge in [-0.2, -0.15) is 4.98 Å². The van der Waals surface area contributed by atoms with Crippen molar-refractivity contribution in [1.82, 2.24) is 10.1 Å². The molecule has 0 N–H and O–H groups in total. The molecule has 0 radical (unpaired) electrons. The van der Waals surface area contributed by atoms with Crippen LogP contribution in [0.15, 0.2) is 28.8 Å². The van der Waals surface area contributed by atoms with E-state index in [1.165, 1.54) is 12.1 Å². The Kier molecular flexibility index (Phi) is 3.51. The van der Waals surface area contributed by atoms with E-state index in [4.69, 9.17) is 10.9 Å². The molecule has 0 spiro atoms. The highest BCUT2D eigenvalue weighted by molar-refractivity contribution is 5.19. The van der Waals surface area contributed by atoms with Crippen molar-refractivity contribution in [3.63, 3.8) is 0 Å². The van der Waals surface area contributed by atoms with Crippen molar-refractivity contribution in [1.29, 1.82) is 0 Å². The van der Waals surface area contributed by atoms with Crippen molar-refractivity contribution in [2.24, 2.45) is 0 Å². The van der Waals surface area contributed by atoms with Crippen LogP contribution in [0.1, 0.15) is 23.7 Å². The monoisotopic (exact) mass is 230 g/mol. The van der Waals surface area contributed by atoms with Crippen molar-refractivity contribution in [2.75, 3.05) is 0 Å². The lowest BCUT2D eigenvalue weighted by atomic mass is 10.1. The highest BCUT2D eigenvalue weighted by atomic mass is 19.1. The molecule has 0 aliphatic heterocycles. The van der Waals surface area contributed by atoms with Crippen LogP contribution in [-0.4, -0.2) is 10.1 Å². The molecular formula is C13H11FN2O. The minimum Gasteiger partial charge on any atom is -0.339 e. The Morgan fingerprint density at radius 1 is 1.29 bits per heavy atom. The second-order valence-corrected chi connectivity index (χ2v) is 3.61.